The van der Waals surface area contributed by atoms with Crippen molar-refractivity contribution in [2.24, 2.45) is 11.8 Å². The first-order valence-electron chi connectivity index (χ1n) is 6.79. The Kier molecular flexibility index (Phi) is 5.93. The maximum absolute atomic E-state index is 11.2. The second kappa shape index (κ2) is 6.74. The number of hydrogen-bond donors (Lipinski definition) is 1. The van der Waals surface area contributed by atoms with Crippen LogP contribution >= 0.6 is 0 Å². The molecule has 1 fully saturated rings. The molecule has 1 aliphatic rings. The molecular formula is C13H27NO2S. The Bertz CT molecular complexity index is 307. The summed E-state index contributed by atoms with van der Waals surface area (Å²) in [5.41, 5.74) is 0. The van der Waals surface area contributed by atoms with E-state index >= 15 is 0 Å². The van der Waals surface area contributed by atoms with Gasteiger partial charge in [-0.3, -0.25) is 0 Å². The topological polar surface area (TPSA) is 46.2 Å². The summed E-state index contributed by atoms with van der Waals surface area (Å²) in [7, 11) is -2.84. The molecule has 17 heavy (non-hydrogen) atoms. The molecule has 0 radical (unpaired) electrons. The van der Waals surface area contributed by atoms with Crippen LogP contribution in [-0.2, 0) is 9.84 Å². The molecule has 1 saturated carbocycles. The number of sulfone groups is 1. The van der Waals surface area contributed by atoms with E-state index in [1.807, 2.05) is 6.92 Å². The van der Waals surface area contributed by atoms with Crippen molar-refractivity contribution in [3.63, 3.8) is 0 Å². The predicted molar refractivity (Wildman–Crippen MR) is 72.9 cm³/mol. The zero-order chi connectivity index (χ0) is 12.9. The average Bonchev–Trinajstić information content (AvgIpc) is 2.25. The minimum Gasteiger partial charge on any atom is -0.314 e. The zero-order valence-corrected chi connectivity index (χ0v) is 12.2. The van der Waals surface area contributed by atoms with Crippen LogP contribution in [0.3, 0.4) is 0 Å². The number of rotatable bonds is 6. The smallest absolute Gasteiger partial charge is 0.147 e. The molecule has 4 heteroatoms. The summed E-state index contributed by atoms with van der Waals surface area (Å²) in [6, 6.07) is 0.525. The SMILES string of the molecule is CC(CNC(C)C1CCCCC1)CS(C)(=O)=O. The second-order valence-corrected chi connectivity index (χ2v) is 7.98. The van der Waals surface area contributed by atoms with Gasteiger partial charge in [0.1, 0.15) is 9.84 Å². The van der Waals surface area contributed by atoms with Gasteiger partial charge in [-0.2, -0.15) is 0 Å². The quantitative estimate of drug-likeness (QED) is 0.797. The van der Waals surface area contributed by atoms with E-state index in [9.17, 15) is 8.42 Å². The number of hydrogen-bond acceptors (Lipinski definition) is 3. The van der Waals surface area contributed by atoms with Crippen LogP contribution in [0.25, 0.3) is 0 Å². The van der Waals surface area contributed by atoms with Crippen LogP contribution in [0, 0.1) is 11.8 Å². The lowest BCUT2D eigenvalue weighted by molar-refractivity contribution is 0.276. The fourth-order valence-corrected chi connectivity index (χ4v) is 3.92. The molecule has 1 aliphatic carbocycles. The van der Waals surface area contributed by atoms with Gasteiger partial charge in [0.25, 0.3) is 0 Å². The molecule has 0 amide bonds. The number of nitrogens with one attached hydrogen (secondary N) is 1. The lowest BCUT2D eigenvalue weighted by atomic mass is 9.84. The van der Waals surface area contributed by atoms with Gasteiger partial charge in [0.05, 0.1) is 5.75 Å². The van der Waals surface area contributed by atoms with Gasteiger partial charge in [-0.15, -0.1) is 0 Å². The van der Waals surface area contributed by atoms with Gasteiger partial charge in [-0.05, 0) is 38.1 Å². The third-order valence-electron chi connectivity index (χ3n) is 3.73. The van der Waals surface area contributed by atoms with Crippen molar-refractivity contribution in [1.29, 1.82) is 0 Å². The third-order valence-corrected chi connectivity index (χ3v) is 4.91. The van der Waals surface area contributed by atoms with E-state index in [-0.39, 0.29) is 11.7 Å². The molecule has 0 aliphatic heterocycles. The van der Waals surface area contributed by atoms with Crippen LogP contribution < -0.4 is 5.32 Å². The molecule has 2 atom stereocenters. The maximum Gasteiger partial charge on any atom is 0.147 e. The van der Waals surface area contributed by atoms with Crippen LogP contribution in [0.4, 0.5) is 0 Å². The Labute approximate surface area is 106 Å². The zero-order valence-electron chi connectivity index (χ0n) is 11.4. The summed E-state index contributed by atoms with van der Waals surface area (Å²) >= 11 is 0. The Morgan fingerprint density at radius 1 is 1.18 bits per heavy atom. The Morgan fingerprint density at radius 3 is 2.29 bits per heavy atom. The van der Waals surface area contributed by atoms with E-state index in [0.29, 0.717) is 6.04 Å². The first kappa shape index (κ1) is 15.0. The lowest BCUT2D eigenvalue weighted by Crippen LogP contribution is -2.38. The summed E-state index contributed by atoms with van der Waals surface area (Å²) in [5.74, 6) is 1.28. The fraction of sp³-hybridized carbons (Fsp3) is 1.00. The Balaban J connectivity index is 2.24. The molecular weight excluding hydrogens is 234 g/mol. The maximum atomic E-state index is 11.2. The molecule has 0 bridgehead atoms. The minimum atomic E-state index is -2.84. The van der Waals surface area contributed by atoms with E-state index in [0.717, 1.165) is 12.5 Å². The van der Waals surface area contributed by atoms with Gasteiger partial charge >= 0.3 is 0 Å². The van der Waals surface area contributed by atoms with Gasteiger partial charge in [0, 0.05) is 12.3 Å². The molecule has 0 saturated heterocycles. The van der Waals surface area contributed by atoms with Crippen LogP contribution in [0.1, 0.15) is 46.0 Å². The summed E-state index contributed by atoms with van der Waals surface area (Å²) < 4.78 is 22.3. The van der Waals surface area contributed by atoms with Crippen molar-refractivity contribution in [3.05, 3.63) is 0 Å². The van der Waals surface area contributed by atoms with Crippen molar-refractivity contribution in [1.82, 2.24) is 5.32 Å². The van der Waals surface area contributed by atoms with Gasteiger partial charge in [0.2, 0.25) is 0 Å². The van der Waals surface area contributed by atoms with Crippen molar-refractivity contribution in [2.45, 2.75) is 52.0 Å². The van der Waals surface area contributed by atoms with Gasteiger partial charge in [0.15, 0.2) is 0 Å². The molecule has 0 aromatic rings. The summed E-state index contributed by atoms with van der Waals surface area (Å²) in [5, 5.41) is 3.51. The van der Waals surface area contributed by atoms with E-state index < -0.39 is 9.84 Å². The minimum absolute atomic E-state index is 0.205. The lowest BCUT2D eigenvalue weighted by Gasteiger charge is -2.29. The highest BCUT2D eigenvalue weighted by molar-refractivity contribution is 7.90. The highest BCUT2D eigenvalue weighted by Crippen LogP contribution is 2.26. The average molecular weight is 261 g/mol. The molecule has 1 N–H and O–H groups in total. The van der Waals surface area contributed by atoms with E-state index in [1.54, 1.807) is 0 Å². The first-order valence-corrected chi connectivity index (χ1v) is 8.85. The normalized spacial score (nSPS) is 22.3. The Hall–Kier alpha value is -0.0900. The van der Waals surface area contributed by atoms with Crippen molar-refractivity contribution in [2.75, 3.05) is 18.6 Å². The van der Waals surface area contributed by atoms with Gasteiger partial charge < -0.3 is 5.32 Å². The molecule has 0 heterocycles. The molecule has 102 valence electrons. The van der Waals surface area contributed by atoms with E-state index in [4.69, 9.17) is 0 Å². The second-order valence-electron chi connectivity index (χ2n) is 5.79. The molecule has 1 rings (SSSR count). The highest BCUT2D eigenvalue weighted by Gasteiger charge is 2.20. The van der Waals surface area contributed by atoms with Crippen LogP contribution in [0.5, 0.6) is 0 Å². The molecule has 0 aromatic carbocycles. The standard InChI is InChI=1S/C13H27NO2S/c1-11(10-17(3,15)16)9-14-12(2)13-7-5-4-6-8-13/h11-14H,4-10H2,1-3H3. The predicted octanol–water partition coefficient (Wildman–Crippen LogP) is 2.23. The Morgan fingerprint density at radius 2 is 1.76 bits per heavy atom. The first-order chi connectivity index (χ1) is 7.88. The van der Waals surface area contributed by atoms with Crippen molar-refractivity contribution in [3.8, 4) is 0 Å². The van der Waals surface area contributed by atoms with Gasteiger partial charge in [-0.25, -0.2) is 8.42 Å². The van der Waals surface area contributed by atoms with Crippen LogP contribution in [0.15, 0.2) is 0 Å². The monoisotopic (exact) mass is 261 g/mol. The van der Waals surface area contributed by atoms with E-state index in [1.165, 1.54) is 38.4 Å². The highest BCUT2D eigenvalue weighted by atomic mass is 32.2. The molecule has 3 nitrogen and oxygen atoms in total. The summed E-state index contributed by atoms with van der Waals surface area (Å²) in [6.07, 6.45) is 8.07. The summed E-state index contributed by atoms with van der Waals surface area (Å²) in [4.78, 5) is 0. The van der Waals surface area contributed by atoms with Crippen molar-refractivity contribution >= 4 is 9.84 Å². The van der Waals surface area contributed by atoms with E-state index in [2.05, 4.69) is 12.2 Å². The van der Waals surface area contributed by atoms with Crippen molar-refractivity contribution < 1.29 is 8.42 Å². The molecule has 0 spiro atoms. The summed E-state index contributed by atoms with van der Waals surface area (Å²) in [6.45, 7) is 5.05. The van der Waals surface area contributed by atoms with Crippen LogP contribution in [0.2, 0.25) is 0 Å². The third kappa shape index (κ3) is 6.41. The largest absolute Gasteiger partial charge is 0.314 e. The van der Waals surface area contributed by atoms with Gasteiger partial charge in [-0.1, -0.05) is 26.2 Å². The molecule has 0 aromatic heterocycles. The fourth-order valence-electron chi connectivity index (χ4n) is 2.76. The molecule has 2 unspecified atom stereocenters. The van der Waals surface area contributed by atoms with Crippen LogP contribution in [-0.4, -0.2) is 33.0 Å².